The predicted octanol–water partition coefficient (Wildman–Crippen LogP) is 3.34. The van der Waals surface area contributed by atoms with Crippen molar-refractivity contribution in [2.75, 3.05) is 25.4 Å². The largest absolute Gasteiger partial charge is 0.390 e. The normalized spacial score (nSPS) is 14.2. The number of anilines is 1. The average Bonchev–Trinajstić information content (AvgIpc) is 3.14. The van der Waals surface area contributed by atoms with Gasteiger partial charge < -0.3 is 20.1 Å². The molecule has 0 atom stereocenters. The first-order chi connectivity index (χ1) is 16.1. The molecule has 7 heteroatoms. The minimum absolute atomic E-state index is 0.154. The van der Waals surface area contributed by atoms with E-state index in [1.165, 1.54) is 0 Å². The molecule has 3 heterocycles. The lowest BCUT2D eigenvalue weighted by atomic mass is 10.1. The fraction of sp³-hybridized carbons (Fsp3) is 0.462. The summed E-state index contributed by atoms with van der Waals surface area (Å²) in [6.07, 6.45) is 6.52. The van der Waals surface area contributed by atoms with Crippen LogP contribution in [-0.4, -0.2) is 50.3 Å². The Labute approximate surface area is 195 Å². The molecule has 1 aliphatic rings. The third kappa shape index (κ3) is 6.11. The minimum atomic E-state index is -0.154. The fourth-order valence-electron chi connectivity index (χ4n) is 4.02. The van der Waals surface area contributed by atoms with Gasteiger partial charge in [0.15, 0.2) is 5.82 Å². The molecule has 1 aromatic carbocycles. The van der Waals surface area contributed by atoms with Gasteiger partial charge >= 0.3 is 0 Å². The summed E-state index contributed by atoms with van der Waals surface area (Å²) in [7, 11) is 0. The smallest absolute Gasteiger partial charge is 0.151 e. The molecule has 0 radical (unpaired) electrons. The van der Waals surface area contributed by atoms with Gasteiger partial charge in [-0.05, 0) is 24.9 Å². The monoisotopic (exact) mass is 447 g/mol. The number of β-amino-alcohol motifs (C(OH)–C–C–N with tert-alkyl or cyclic N) is 1. The molecule has 3 aromatic rings. The predicted molar refractivity (Wildman–Crippen MR) is 130 cm³/mol. The van der Waals surface area contributed by atoms with Crippen molar-refractivity contribution in [2.24, 2.45) is 0 Å². The van der Waals surface area contributed by atoms with Crippen LogP contribution in [0, 0.1) is 11.8 Å². The van der Waals surface area contributed by atoms with Crippen LogP contribution in [0.2, 0.25) is 0 Å². The van der Waals surface area contributed by atoms with Gasteiger partial charge in [-0.15, -0.1) is 0 Å². The number of hydrogen-bond donors (Lipinski definition) is 2. The molecule has 0 bridgehead atoms. The number of fused-ring (bicyclic) bond motifs is 1. The molecule has 7 nitrogen and oxygen atoms in total. The molecule has 33 heavy (non-hydrogen) atoms. The lowest BCUT2D eigenvalue weighted by Gasteiger charge is -2.35. The van der Waals surface area contributed by atoms with Crippen LogP contribution in [0.4, 0.5) is 5.82 Å². The van der Waals surface area contributed by atoms with Gasteiger partial charge in [0.25, 0.3) is 0 Å². The van der Waals surface area contributed by atoms with Gasteiger partial charge in [-0.3, -0.25) is 4.90 Å². The third-order valence-electron chi connectivity index (χ3n) is 5.82. The molecule has 0 spiro atoms. The number of rotatable bonds is 10. The molecule has 0 unspecified atom stereocenters. The maximum atomic E-state index is 9.39. The van der Waals surface area contributed by atoms with Crippen molar-refractivity contribution in [2.45, 2.75) is 58.5 Å². The summed E-state index contributed by atoms with van der Waals surface area (Å²) >= 11 is 0. The number of ether oxygens (including phenoxy) is 1. The molecule has 1 aliphatic heterocycles. The van der Waals surface area contributed by atoms with Crippen LogP contribution < -0.4 is 5.73 Å². The van der Waals surface area contributed by atoms with Crippen molar-refractivity contribution in [1.29, 1.82) is 0 Å². The molecule has 1 saturated heterocycles. The fourth-order valence-corrected chi connectivity index (χ4v) is 4.02. The maximum Gasteiger partial charge on any atom is 0.151 e. The van der Waals surface area contributed by atoms with Crippen LogP contribution in [0.3, 0.4) is 0 Å². The number of aromatic nitrogens is 3. The van der Waals surface area contributed by atoms with Crippen molar-refractivity contribution in [3.8, 4) is 11.8 Å². The first kappa shape index (κ1) is 23.2. The first-order valence-electron chi connectivity index (χ1n) is 11.8. The second-order valence-electron chi connectivity index (χ2n) is 8.62. The third-order valence-corrected chi connectivity index (χ3v) is 5.82. The number of aliphatic hydroxyl groups excluding tert-OH is 1. The zero-order valence-electron chi connectivity index (χ0n) is 19.3. The molecule has 0 saturated carbocycles. The summed E-state index contributed by atoms with van der Waals surface area (Å²) in [6, 6.07) is 10.1. The molecule has 2 aromatic heterocycles. The minimum Gasteiger partial charge on any atom is -0.390 e. The Kier molecular flexibility index (Phi) is 7.95. The molecule has 174 valence electrons. The van der Waals surface area contributed by atoms with Crippen LogP contribution in [-0.2, 0) is 24.5 Å². The van der Waals surface area contributed by atoms with Gasteiger partial charge in [-0.2, -0.15) is 0 Å². The van der Waals surface area contributed by atoms with Crippen molar-refractivity contribution >= 4 is 16.9 Å². The topological polar surface area (TPSA) is 89.4 Å². The number of aliphatic hydroxyl groups is 1. The van der Waals surface area contributed by atoms with Crippen LogP contribution >= 0.6 is 0 Å². The molecule has 0 aliphatic carbocycles. The maximum absolute atomic E-state index is 9.39. The van der Waals surface area contributed by atoms with E-state index in [1.54, 1.807) is 0 Å². The average molecular weight is 448 g/mol. The van der Waals surface area contributed by atoms with Crippen LogP contribution in [0.15, 0.2) is 36.5 Å². The highest BCUT2D eigenvalue weighted by atomic mass is 16.5. The van der Waals surface area contributed by atoms with Gasteiger partial charge in [-0.25, -0.2) is 9.97 Å². The van der Waals surface area contributed by atoms with E-state index in [-0.39, 0.29) is 6.10 Å². The van der Waals surface area contributed by atoms with Crippen molar-refractivity contribution in [1.82, 2.24) is 19.4 Å². The molecule has 3 N–H and O–H groups in total. The van der Waals surface area contributed by atoms with Gasteiger partial charge in [0.1, 0.15) is 23.6 Å². The highest BCUT2D eigenvalue weighted by Crippen LogP contribution is 2.24. The Bertz CT molecular complexity index is 1110. The first-order valence-corrected chi connectivity index (χ1v) is 11.8. The highest BCUT2D eigenvalue weighted by molar-refractivity contribution is 5.90. The number of benzene rings is 1. The number of nitrogen functional groups attached to an aromatic ring is 1. The van der Waals surface area contributed by atoms with Gasteiger partial charge in [-0.1, -0.05) is 55.5 Å². The van der Waals surface area contributed by atoms with E-state index in [2.05, 4.69) is 28.6 Å². The second kappa shape index (κ2) is 11.3. The quantitative estimate of drug-likeness (QED) is 0.366. The Morgan fingerprint density at radius 1 is 1.18 bits per heavy atom. The van der Waals surface area contributed by atoms with Crippen molar-refractivity contribution in [3.05, 3.63) is 53.5 Å². The summed E-state index contributed by atoms with van der Waals surface area (Å²) in [5, 5.41) is 9.39. The van der Waals surface area contributed by atoms with Crippen LogP contribution in [0.1, 0.15) is 49.6 Å². The number of hydrogen-bond acceptors (Lipinski definition) is 6. The Morgan fingerprint density at radius 2 is 2.00 bits per heavy atom. The van der Waals surface area contributed by atoms with Gasteiger partial charge in [0.05, 0.1) is 18.3 Å². The van der Waals surface area contributed by atoms with E-state index in [1.807, 2.05) is 41.1 Å². The number of nitrogens with zero attached hydrogens (tertiary/aromatic N) is 4. The van der Waals surface area contributed by atoms with Gasteiger partial charge in [0, 0.05) is 32.1 Å². The van der Waals surface area contributed by atoms with Crippen molar-refractivity contribution < 1.29 is 9.84 Å². The lowest BCUT2D eigenvalue weighted by Crippen LogP contribution is -2.50. The molecular weight excluding hydrogens is 414 g/mol. The van der Waals surface area contributed by atoms with E-state index >= 15 is 0 Å². The standard InChI is InChI=1S/C26H33N5O2/c1-2-3-13-23-28-24-21(12-8-5-9-14-30-16-22(32)17-30)15-31(25(24)26(27)29-23)19-33-18-20-10-6-4-7-11-20/h4,6-7,10-11,15,22,32H,2-3,5,9,13-14,16-19H2,1H3,(H2,27,28,29). The number of unbranched alkanes of at least 4 members (excludes halogenated alkanes) is 2. The number of aryl methyl sites for hydroxylation is 1. The Morgan fingerprint density at radius 3 is 2.76 bits per heavy atom. The Hall–Kier alpha value is -2.92. The zero-order valence-corrected chi connectivity index (χ0v) is 19.3. The molecule has 4 rings (SSSR count). The zero-order chi connectivity index (χ0) is 23.0. The van der Waals surface area contributed by atoms with E-state index in [0.29, 0.717) is 19.2 Å². The van der Waals surface area contributed by atoms with E-state index in [9.17, 15) is 5.11 Å². The SMILES string of the molecule is CCCCc1nc(N)c2c(n1)c(C#CCCCN1CC(O)C1)cn2COCc1ccccc1. The molecule has 0 amide bonds. The summed E-state index contributed by atoms with van der Waals surface area (Å²) in [4.78, 5) is 11.6. The summed E-state index contributed by atoms with van der Waals surface area (Å²) in [5.74, 6) is 7.84. The van der Waals surface area contributed by atoms with E-state index in [4.69, 9.17) is 15.5 Å². The molecular formula is C26H33N5O2. The summed E-state index contributed by atoms with van der Waals surface area (Å²) in [6.45, 7) is 5.55. The summed E-state index contributed by atoms with van der Waals surface area (Å²) in [5.41, 5.74) is 9.93. The lowest BCUT2D eigenvalue weighted by molar-refractivity contribution is 0.00204. The van der Waals surface area contributed by atoms with Gasteiger partial charge in [0.2, 0.25) is 0 Å². The highest BCUT2D eigenvalue weighted by Gasteiger charge is 2.22. The van der Waals surface area contributed by atoms with Crippen LogP contribution in [0.25, 0.3) is 11.0 Å². The molecule has 1 fully saturated rings. The summed E-state index contributed by atoms with van der Waals surface area (Å²) < 4.78 is 7.91. The van der Waals surface area contributed by atoms with Crippen molar-refractivity contribution in [3.63, 3.8) is 0 Å². The number of likely N-dealkylation sites (tertiary alicyclic amines) is 1. The second-order valence-corrected chi connectivity index (χ2v) is 8.62. The van der Waals surface area contributed by atoms with E-state index < -0.39 is 0 Å². The van der Waals surface area contributed by atoms with Crippen LogP contribution in [0.5, 0.6) is 0 Å². The van der Waals surface area contributed by atoms with E-state index in [0.717, 1.165) is 79.7 Å². The number of nitrogens with two attached hydrogens (primary N) is 1. The Balaban J connectivity index is 1.49.